The van der Waals surface area contributed by atoms with Gasteiger partial charge in [0.15, 0.2) is 5.96 Å². The summed E-state index contributed by atoms with van der Waals surface area (Å²) in [5.41, 5.74) is 3.03. The van der Waals surface area contributed by atoms with Crippen molar-refractivity contribution in [2.45, 2.75) is 19.9 Å². The van der Waals surface area contributed by atoms with Gasteiger partial charge in [-0.25, -0.2) is 9.98 Å². The molecule has 0 bridgehead atoms. The number of para-hydroxylation sites is 2. The van der Waals surface area contributed by atoms with Crippen LogP contribution in [0.5, 0.6) is 0 Å². The highest BCUT2D eigenvalue weighted by molar-refractivity contribution is 5.79. The Kier molecular flexibility index (Phi) is 5.40. The number of rotatable bonds is 6. The Morgan fingerprint density at radius 3 is 2.79 bits per heavy atom. The fourth-order valence-corrected chi connectivity index (χ4v) is 2.42. The number of nitrogens with zero attached hydrogens (tertiary/aromatic N) is 3. The summed E-state index contributed by atoms with van der Waals surface area (Å²) in [4.78, 5) is 16.8. The average molecular weight is 322 g/mol. The van der Waals surface area contributed by atoms with E-state index in [0.717, 1.165) is 48.0 Å². The van der Waals surface area contributed by atoms with E-state index in [1.165, 1.54) is 0 Å². The van der Waals surface area contributed by atoms with Crippen molar-refractivity contribution >= 4 is 17.0 Å². The summed E-state index contributed by atoms with van der Waals surface area (Å²) in [6.45, 7) is 4.19. The monoisotopic (exact) mass is 322 g/mol. The molecule has 0 aliphatic heterocycles. The van der Waals surface area contributed by atoms with Crippen molar-refractivity contribution in [1.82, 2.24) is 25.6 Å². The molecule has 0 aliphatic rings. The molecule has 1 aromatic carbocycles. The minimum absolute atomic E-state index is 0.556. The van der Waals surface area contributed by atoms with Gasteiger partial charge in [0.1, 0.15) is 5.82 Å². The molecule has 2 heterocycles. The van der Waals surface area contributed by atoms with Gasteiger partial charge in [-0.1, -0.05) is 18.2 Å². The van der Waals surface area contributed by atoms with Gasteiger partial charge in [0.25, 0.3) is 0 Å². The van der Waals surface area contributed by atoms with E-state index in [1.807, 2.05) is 42.5 Å². The van der Waals surface area contributed by atoms with E-state index in [9.17, 15) is 0 Å². The van der Waals surface area contributed by atoms with E-state index >= 15 is 0 Å². The Morgan fingerprint density at radius 1 is 1.12 bits per heavy atom. The Hall–Kier alpha value is -2.89. The number of H-pyrrole nitrogens is 1. The third-order valence-corrected chi connectivity index (χ3v) is 3.56. The molecule has 0 fully saturated rings. The molecule has 0 saturated carbocycles. The highest BCUT2D eigenvalue weighted by atomic mass is 15.2. The number of aromatic nitrogens is 3. The van der Waals surface area contributed by atoms with Gasteiger partial charge in [0, 0.05) is 25.7 Å². The molecule has 0 atom stereocenters. The van der Waals surface area contributed by atoms with Gasteiger partial charge in [-0.3, -0.25) is 4.98 Å². The Labute approximate surface area is 141 Å². The molecule has 6 heteroatoms. The Bertz CT molecular complexity index is 760. The largest absolute Gasteiger partial charge is 0.357 e. The van der Waals surface area contributed by atoms with Gasteiger partial charge in [-0.2, -0.15) is 0 Å². The minimum Gasteiger partial charge on any atom is -0.357 e. The summed E-state index contributed by atoms with van der Waals surface area (Å²) in [5, 5.41) is 6.58. The fraction of sp³-hybridized carbons (Fsp3) is 0.278. The van der Waals surface area contributed by atoms with Gasteiger partial charge in [-0.15, -0.1) is 0 Å². The lowest BCUT2D eigenvalue weighted by Gasteiger charge is -2.10. The standard InChI is InChI=1S/C18H22N6/c1-2-19-18(22-13-14-7-5-6-11-20-14)21-12-10-17-23-15-8-3-4-9-16(15)24-17/h3-9,11H,2,10,12-13H2,1H3,(H,23,24)(H2,19,21,22). The van der Waals surface area contributed by atoms with Gasteiger partial charge < -0.3 is 15.6 Å². The van der Waals surface area contributed by atoms with Gasteiger partial charge in [-0.05, 0) is 31.2 Å². The Balaban J connectivity index is 1.55. The third kappa shape index (κ3) is 4.32. The van der Waals surface area contributed by atoms with E-state index in [0.29, 0.717) is 6.54 Å². The van der Waals surface area contributed by atoms with Gasteiger partial charge in [0.05, 0.1) is 23.3 Å². The highest BCUT2D eigenvalue weighted by Crippen LogP contribution is 2.10. The van der Waals surface area contributed by atoms with E-state index in [1.54, 1.807) is 6.20 Å². The number of guanidine groups is 1. The van der Waals surface area contributed by atoms with Crippen LogP contribution in [0.25, 0.3) is 11.0 Å². The minimum atomic E-state index is 0.556. The SMILES string of the molecule is CCNC(=NCc1ccccn1)NCCc1nc2ccccc2[nH]1. The first-order valence-electron chi connectivity index (χ1n) is 8.21. The molecule has 6 nitrogen and oxygen atoms in total. The normalized spacial score (nSPS) is 11.6. The molecule has 3 N–H and O–H groups in total. The number of hydrogen-bond donors (Lipinski definition) is 3. The first-order chi connectivity index (χ1) is 11.8. The summed E-state index contributed by atoms with van der Waals surface area (Å²) in [5.74, 6) is 1.77. The van der Waals surface area contributed by atoms with Gasteiger partial charge in [0.2, 0.25) is 0 Å². The van der Waals surface area contributed by atoms with Crippen molar-refractivity contribution in [3.05, 3.63) is 60.2 Å². The first-order valence-corrected chi connectivity index (χ1v) is 8.21. The van der Waals surface area contributed by atoms with Crippen LogP contribution in [0.2, 0.25) is 0 Å². The molecule has 124 valence electrons. The second kappa shape index (κ2) is 8.10. The summed E-state index contributed by atoms with van der Waals surface area (Å²) < 4.78 is 0. The average Bonchev–Trinajstić information content (AvgIpc) is 3.03. The molecular weight excluding hydrogens is 300 g/mol. The van der Waals surface area contributed by atoms with Crippen LogP contribution in [0.1, 0.15) is 18.4 Å². The first kappa shape index (κ1) is 16.0. The zero-order valence-electron chi connectivity index (χ0n) is 13.8. The number of aromatic amines is 1. The topological polar surface area (TPSA) is 78.0 Å². The van der Waals surface area contributed by atoms with E-state index in [2.05, 4.69) is 37.5 Å². The predicted molar refractivity (Wildman–Crippen MR) is 96.9 cm³/mol. The predicted octanol–water partition coefficient (Wildman–Crippen LogP) is 2.26. The molecule has 0 aliphatic carbocycles. The number of aliphatic imine (C=N–C) groups is 1. The molecule has 0 saturated heterocycles. The summed E-state index contributed by atoms with van der Waals surface area (Å²) in [6.07, 6.45) is 2.59. The molecule has 0 amide bonds. The maximum atomic E-state index is 4.58. The fourth-order valence-electron chi connectivity index (χ4n) is 2.42. The second-order valence-corrected chi connectivity index (χ2v) is 5.39. The quantitative estimate of drug-likeness (QED) is 0.480. The van der Waals surface area contributed by atoms with Crippen molar-refractivity contribution in [1.29, 1.82) is 0 Å². The van der Waals surface area contributed by atoms with Crippen LogP contribution in [0.3, 0.4) is 0 Å². The van der Waals surface area contributed by atoms with Crippen LogP contribution in [0.15, 0.2) is 53.7 Å². The lowest BCUT2D eigenvalue weighted by atomic mass is 10.3. The van der Waals surface area contributed by atoms with Gasteiger partial charge >= 0.3 is 0 Å². The highest BCUT2D eigenvalue weighted by Gasteiger charge is 2.03. The number of nitrogens with one attached hydrogen (secondary N) is 3. The molecule has 3 aromatic rings. The van der Waals surface area contributed by atoms with Crippen molar-refractivity contribution in [2.24, 2.45) is 4.99 Å². The molecule has 3 rings (SSSR count). The smallest absolute Gasteiger partial charge is 0.191 e. The Morgan fingerprint density at radius 2 is 2.00 bits per heavy atom. The molecule has 0 radical (unpaired) electrons. The van der Waals surface area contributed by atoms with Crippen molar-refractivity contribution in [2.75, 3.05) is 13.1 Å². The number of hydrogen-bond acceptors (Lipinski definition) is 3. The van der Waals surface area contributed by atoms with Crippen LogP contribution in [0, 0.1) is 0 Å². The van der Waals surface area contributed by atoms with Crippen molar-refractivity contribution < 1.29 is 0 Å². The third-order valence-electron chi connectivity index (χ3n) is 3.56. The van der Waals surface area contributed by atoms with Crippen LogP contribution < -0.4 is 10.6 Å². The van der Waals surface area contributed by atoms with Crippen LogP contribution in [-0.2, 0) is 13.0 Å². The lowest BCUT2D eigenvalue weighted by molar-refractivity contribution is 0.778. The molecule has 24 heavy (non-hydrogen) atoms. The maximum Gasteiger partial charge on any atom is 0.191 e. The summed E-state index contributed by atoms with van der Waals surface area (Å²) in [6, 6.07) is 13.9. The summed E-state index contributed by atoms with van der Waals surface area (Å²) in [7, 11) is 0. The number of imidazole rings is 1. The van der Waals surface area contributed by atoms with Crippen LogP contribution in [0.4, 0.5) is 0 Å². The zero-order valence-corrected chi connectivity index (χ0v) is 13.8. The number of fused-ring (bicyclic) bond motifs is 1. The van der Waals surface area contributed by atoms with Crippen molar-refractivity contribution in [3.63, 3.8) is 0 Å². The molecular formula is C18H22N6. The number of pyridine rings is 1. The second-order valence-electron chi connectivity index (χ2n) is 5.39. The maximum absolute atomic E-state index is 4.58. The molecule has 0 spiro atoms. The molecule has 2 aromatic heterocycles. The van der Waals surface area contributed by atoms with Crippen LogP contribution in [-0.4, -0.2) is 34.0 Å². The summed E-state index contributed by atoms with van der Waals surface area (Å²) >= 11 is 0. The van der Waals surface area contributed by atoms with E-state index in [-0.39, 0.29) is 0 Å². The zero-order chi connectivity index (χ0) is 16.6. The van der Waals surface area contributed by atoms with Crippen molar-refractivity contribution in [3.8, 4) is 0 Å². The van der Waals surface area contributed by atoms with E-state index in [4.69, 9.17) is 0 Å². The van der Waals surface area contributed by atoms with E-state index < -0.39 is 0 Å². The molecule has 0 unspecified atom stereocenters. The lowest BCUT2D eigenvalue weighted by Crippen LogP contribution is -2.38. The van der Waals surface area contributed by atoms with Crippen LogP contribution >= 0.6 is 0 Å². The number of benzene rings is 1.